The average molecular weight is 263 g/mol. The number of pyridine rings is 1. The molecule has 2 rings (SSSR count). The summed E-state index contributed by atoms with van der Waals surface area (Å²) in [6, 6.07) is 1.81. The highest BCUT2D eigenvalue weighted by molar-refractivity contribution is 5.99. The first-order valence-electron chi connectivity index (χ1n) is 6.67. The van der Waals surface area contributed by atoms with Gasteiger partial charge in [0.15, 0.2) is 0 Å². The number of carbonyl (C=O) groups excluding carboxylic acids is 1. The summed E-state index contributed by atoms with van der Waals surface area (Å²) in [4.78, 5) is 18.2. The van der Waals surface area contributed by atoms with Crippen LogP contribution in [-0.2, 0) is 4.74 Å². The molecule has 0 aliphatic carbocycles. The molecule has 1 saturated heterocycles. The quantitative estimate of drug-likeness (QED) is 0.897. The number of aromatic nitrogens is 1. The highest BCUT2D eigenvalue weighted by atomic mass is 16.5. The van der Waals surface area contributed by atoms with Crippen LogP contribution in [0.15, 0.2) is 18.5 Å². The van der Waals surface area contributed by atoms with E-state index in [4.69, 9.17) is 4.74 Å². The molecule has 0 saturated carbocycles. The molecule has 1 atom stereocenters. The van der Waals surface area contributed by atoms with E-state index >= 15 is 0 Å². The lowest BCUT2D eigenvalue weighted by atomic mass is 10.0. The summed E-state index contributed by atoms with van der Waals surface area (Å²) in [5.41, 5.74) is 1.43. The molecule has 5 heteroatoms. The van der Waals surface area contributed by atoms with E-state index in [2.05, 4.69) is 10.3 Å². The van der Waals surface area contributed by atoms with Gasteiger partial charge >= 0.3 is 0 Å². The van der Waals surface area contributed by atoms with E-state index in [0.717, 1.165) is 38.3 Å². The number of hydrogen-bond donors (Lipinski definition) is 1. The number of nitrogens with zero attached hydrogens (tertiary/aromatic N) is 2. The van der Waals surface area contributed by atoms with E-state index in [9.17, 15) is 4.79 Å². The Morgan fingerprint density at radius 2 is 2.47 bits per heavy atom. The number of rotatable bonds is 4. The van der Waals surface area contributed by atoms with E-state index in [-0.39, 0.29) is 5.91 Å². The Hall–Kier alpha value is -1.62. The zero-order valence-electron chi connectivity index (χ0n) is 11.6. The fraction of sp³-hybridized carbons (Fsp3) is 0.571. The van der Waals surface area contributed by atoms with Gasteiger partial charge in [-0.3, -0.25) is 9.78 Å². The third-order valence-electron chi connectivity index (χ3n) is 3.45. The second-order valence-electron chi connectivity index (χ2n) is 4.94. The van der Waals surface area contributed by atoms with Gasteiger partial charge in [0.25, 0.3) is 5.91 Å². The van der Waals surface area contributed by atoms with Crippen LogP contribution in [0, 0.1) is 5.92 Å². The number of carbonyl (C=O) groups is 1. The van der Waals surface area contributed by atoms with E-state index in [1.165, 1.54) is 0 Å². The minimum absolute atomic E-state index is 0.00280. The fourth-order valence-corrected chi connectivity index (χ4v) is 2.41. The van der Waals surface area contributed by atoms with E-state index in [1.807, 2.05) is 13.1 Å². The summed E-state index contributed by atoms with van der Waals surface area (Å²) in [5.74, 6) is 0.445. The maximum Gasteiger partial charge on any atom is 0.257 e. The topological polar surface area (TPSA) is 54.5 Å². The molecular formula is C14H21N3O2. The maximum atomic E-state index is 12.4. The van der Waals surface area contributed by atoms with Crippen molar-refractivity contribution in [1.82, 2.24) is 9.88 Å². The Balaban J connectivity index is 2.01. The number of anilines is 1. The van der Waals surface area contributed by atoms with Gasteiger partial charge in [-0.15, -0.1) is 0 Å². The molecule has 1 unspecified atom stereocenters. The third kappa shape index (κ3) is 3.44. The summed E-state index contributed by atoms with van der Waals surface area (Å²) >= 11 is 0. The molecule has 1 amide bonds. The van der Waals surface area contributed by atoms with Crippen LogP contribution >= 0.6 is 0 Å². The summed E-state index contributed by atoms with van der Waals surface area (Å²) < 4.78 is 5.45. The van der Waals surface area contributed by atoms with Gasteiger partial charge in [0, 0.05) is 45.3 Å². The first-order valence-corrected chi connectivity index (χ1v) is 6.67. The lowest BCUT2D eigenvalue weighted by Gasteiger charge is -2.27. The molecule has 2 heterocycles. The molecule has 5 nitrogen and oxygen atoms in total. The van der Waals surface area contributed by atoms with Gasteiger partial charge in [0.1, 0.15) is 0 Å². The van der Waals surface area contributed by atoms with Gasteiger partial charge in [-0.05, 0) is 24.8 Å². The van der Waals surface area contributed by atoms with Gasteiger partial charge in [0.05, 0.1) is 12.2 Å². The fourth-order valence-electron chi connectivity index (χ4n) is 2.41. The molecule has 0 radical (unpaired) electrons. The second-order valence-corrected chi connectivity index (χ2v) is 4.94. The van der Waals surface area contributed by atoms with Crippen LogP contribution in [0.4, 0.5) is 5.69 Å². The standard InChI is InChI=1S/C14H21N3O2/c1-15-13-5-6-16-8-12(13)14(18)17(2)9-11-4-3-7-19-10-11/h5-6,8,11H,3-4,7,9-10H2,1-2H3,(H,15,16). The van der Waals surface area contributed by atoms with Crippen molar-refractivity contribution in [3.8, 4) is 0 Å². The predicted molar refractivity (Wildman–Crippen MR) is 74.3 cm³/mol. The monoisotopic (exact) mass is 263 g/mol. The molecule has 104 valence electrons. The van der Waals surface area contributed by atoms with Crippen molar-refractivity contribution in [2.75, 3.05) is 39.2 Å². The van der Waals surface area contributed by atoms with Crippen molar-refractivity contribution in [3.63, 3.8) is 0 Å². The Morgan fingerprint density at radius 3 is 3.16 bits per heavy atom. The SMILES string of the molecule is CNc1ccncc1C(=O)N(C)CC1CCCOC1. The average Bonchev–Trinajstić information content (AvgIpc) is 2.47. The second kappa shape index (κ2) is 6.52. The first kappa shape index (κ1) is 13.8. The zero-order valence-corrected chi connectivity index (χ0v) is 11.6. The molecule has 19 heavy (non-hydrogen) atoms. The van der Waals surface area contributed by atoms with Gasteiger partial charge in [-0.2, -0.15) is 0 Å². The van der Waals surface area contributed by atoms with Crippen molar-refractivity contribution in [3.05, 3.63) is 24.0 Å². The van der Waals surface area contributed by atoms with E-state index in [1.54, 1.807) is 24.3 Å². The van der Waals surface area contributed by atoms with Gasteiger partial charge in [-0.25, -0.2) is 0 Å². The van der Waals surface area contributed by atoms with Crippen LogP contribution in [-0.4, -0.2) is 49.6 Å². The third-order valence-corrected chi connectivity index (χ3v) is 3.45. The van der Waals surface area contributed by atoms with Crippen LogP contribution in [0.1, 0.15) is 23.2 Å². The van der Waals surface area contributed by atoms with Crippen LogP contribution < -0.4 is 5.32 Å². The van der Waals surface area contributed by atoms with Gasteiger partial charge < -0.3 is 15.0 Å². The molecule has 0 spiro atoms. The lowest BCUT2D eigenvalue weighted by molar-refractivity contribution is 0.0388. The number of nitrogens with one attached hydrogen (secondary N) is 1. The summed E-state index contributed by atoms with van der Waals surface area (Å²) in [6.07, 6.45) is 5.50. The van der Waals surface area contributed by atoms with Crippen molar-refractivity contribution >= 4 is 11.6 Å². The Labute approximate surface area is 114 Å². The van der Waals surface area contributed by atoms with Crippen molar-refractivity contribution in [1.29, 1.82) is 0 Å². The minimum Gasteiger partial charge on any atom is -0.387 e. The summed E-state index contributed by atoms with van der Waals surface area (Å²) in [6.45, 7) is 2.33. The molecule has 1 aliphatic heterocycles. The predicted octanol–water partition coefficient (Wildman–Crippen LogP) is 1.62. The molecule has 0 aromatic carbocycles. The van der Waals surface area contributed by atoms with E-state index < -0.39 is 0 Å². The molecular weight excluding hydrogens is 242 g/mol. The lowest BCUT2D eigenvalue weighted by Crippen LogP contribution is -2.35. The number of ether oxygens (including phenoxy) is 1. The van der Waals surface area contributed by atoms with Crippen LogP contribution in [0.5, 0.6) is 0 Å². The molecule has 1 N–H and O–H groups in total. The maximum absolute atomic E-state index is 12.4. The van der Waals surface area contributed by atoms with Crippen LogP contribution in [0.25, 0.3) is 0 Å². The Kier molecular flexibility index (Phi) is 4.74. The Bertz CT molecular complexity index is 430. The van der Waals surface area contributed by atoms with Gasteiger partial charge in [-0.1, -0.05) is 0 Å². The molecule has 1 fully saturated rings. The van der Waals surface area contributed by atoms with Crippen molar-refractivity contribution in [2.45, 2.75) is 12.8 Å². The van der Waals surface area contributed by atoms with Crippen LogP contribution in [0.3, 0.4) is 0 Å². The highest BCUT2D eigenvalue weighted by Gasteiger charge is 2.21. The minimum atomic E-state index is 0.00280. The Morgan fingerprint density at radius 1 is 1.63 bits per heavy atom. The van der Waals surface area contributed by atoms with E-state index in [0.29, 0.717) is 11.5 Å². The highest BCUT2D eigenvalue weighted by Crippen LogP contribution is 2.18. The largest absolute Gasteiger partial charge is 0.387 e. The molecule has 1 aliphatic rings. The zero-order chi connectivity index (χ0) is 13.7. The molecule has 0 bridgehead atoms. The van der Waals surface area contributed by atoms with Gasteiger partial charge in [0.2, 0.25) is 0 Å². The molecule has 1 aromatic heterocycles. The summed E-state index contributed by atoms with van der Waals surface area (Å²) in [5, 5.41) is 3.02. The smallest absolute Gasteiger partial charge is 0.257 e. The summed E-state index contributed by atoms with van der Waals surface area (Å²) in [7, 11) is 3.64. The number of amides is 1. The normalized spacial score (nSPS) is 18.9. The van der Waals surface area contributed by atoms with Crippen molar-refractivity contribution < 1.29 is 9.53 Å². The number of hydrogen-bond acceptors (Lipinski definition) is 4. The molecule has 1 aromatic rings. The van der Waals surface area contributed by atoms with Crippen LogP contribution in [0.2, 0.25) is 0 Å². The van der Waals surface area contributed by atoms with Crippen molar-refractivity contribution in [2.24, 2.45) is 5.92 Å². The first-order chi connectivity index (χ1) is 9.22.